The number of imidazole rings is 2. The van der Waals surface area contributed by atoms with Crippen molar-refractivity contribution in [2.45, 2.75) is 37.4 Å². The number of ether oxygens (including phenoxy) is 4. The zero-order valence-corrected chi connectivity index (χ0v) is 21.8. The summed E-state index contributed by atoms with van der Waals surface area (Å²) in [7, 11) is -3.99. The van der Waals surface area contributed by atoms with Crippen molar-refractivity contribution in [1.29, 1.82) is 0 Å². The maximum Gasteiger partial charge on any atom is 0.569 e. The van der Waals surface area contributed by atoms with E-state index in [1.165, 1.54) is 12.7 Å². The van der Waals surface area contributed by atoms with E-state index in [9.17, 15) is 9.13 Å². The summed E-state index contributed by atoms with van der Waals surface area (Å²) in [5.41, 5.74) is 13.7. The highest BCUT2D eigenvalue weighted by Gasteiger charge is 2.41. The van der Waals surface area contributed by atoms with E-state index in [1.54, 1.807) is 23.9 Å². The van der Waals surface area contributed by atoms with Crippen LogP contribution >= 0.6 is 15.8 Å². The number of hydrogen-bond acceptors (Lipinski definition) is 14. The molecule has 6 heterocycles. The topological polar surface area (TPSA) is 231 Å². The van der Waals surface area contributed by atoms with Gasteiger partial charge in [0.05, 0.1) is 39.0 Å². The Kier molecular flexibility index (Phi) is 7.76. The van der Waals surface area contributed by atoms with Crippen molar-refractivity contribution < 1.29 is 33.0 Å². The quantitative estimate of drug-likeness (QED) is 0.268. The molecule has 6 rings (SSSR count). The Morgan fingerprint density at radius 1 is 0.842 bits per heavy atom. The summed E-state index contributed by atoms with van der Waals surface area (Å²) in [4.78, 5) is 33.2. The number of hydrogen-bond donors (Lipinski definition) is 3. The van der Waals surface area contributed by atoms with Crippen LogP contribution in [0.2, 0.25) is 0 Å². The van der Waals surface area contributed by atoms with Gasteiger partial charge in [-0.2, -0.15) is 4.89 Å². The van der Waals surface area contributed by atoms with Gasteiger partial charge in [0.15, 0.2) is 22.9 Å². The van der Waals surface area contributed by atoms with Gasteiger partial charge in [0.1, 0.15) is 42.6 Å². The number of fused-ring (bicyclic) bond motifs is 2. The van der Waals surface area contributed by atoms with Gasteiger partial charge in [-0.05, 0) is 4.57 Å². The molecule has 17 nitrogen and oxygen atoms in total. The van der Waals surface area contributed by atoms with Crippen molar-refractivity contribution in [3.8, 4) is 0 Å². The molecule has 5 N–H and O–H groups in total. The molecule has 0 radical (unpaired) electrons. The molecule has 2 fully saturated rings. The summed E-state index contributed by atoms with van der Waals surface area (Å²) in [6.07, 6.45) is 5.47. The lowest BCUT2D eigenvalue weighted by Gasteiger charge is -2.08. The number of nitrogen functional groups attached to an aromatic ring is 2. The minimum Gasteiger partial charge on any atom is -0.382 e. The van der Waals surface area contributed by atoms with E-state index >= 15 is 0 Å². The van der Waals surface area contributed by atoms with Crippen LogP contribution in [-0.2, 0) is 41.2 Å². The predicted octanol–water partition coefficient (Wildman–Crippen LogP) is 0.407. The van der Waals surface area contributed by atoms with Gasteiger partial charge in [0.2, 0.25) is 0 Å². The molecule has 38 heavy (non-hydrogen) atoms. The molecule has 0 aromatic carbocycles. The van der Waals surface area contributed by atoms with E-state index in [2.05, 4.69) is 29.9 Å². The number of aromatic nitrogens is 8. The highest BCUT2D eigenvalue weighted by atomic mass is 31.1. The number of nitrogens with zero attached hydrogens (tertiary/aromatic N) is 8. The van der Waals surface area contributed by atoms with Crippen molar-refractivity contribution >= 4 is 49.8 Å². The van der Waals surface area contributed by atoms with Crippen molar-refractivity contribution in [3.05, 3.63) is 25.3 Å². The maximum atomic E-state index is 11.3. The normalized spacial score (nSPS) is 23.9. The van der Waals surface area contributed by atoms with Crippen molar-refractivity contribution in [3.63, 3.8) is 0 Å². The fraction of sp³-hybridized carbons (Fsp3) is 0.474. The monoisotopic (exact) mass is 566 g/mol. The zero-order chi connectivity index (χ0) is 26.8. The minimum atomic E-state index is -2.50. The van der Waals surface area contributed by atoms with E-state index in [0.717, 1.165) is 0 Å². The van der Waals surface area contributed by atoms with Gasteiger partial charge in [-0.25, -0.2) is 29.9 Å². The van der Waals surface area contributed by atoms with E-state index in [1.807, 2.05) is 4.57 Å². The maximum absolute atomic E-state index is 11.3. The first kappa shape index (κ1) is 26.3. The van der Waals surface area contributed by atoms with Crippen LogP contribution in [0.4, 0.5) is 11.6 Å². The smallest absolute Gasteiger partial charge is 0.382 e. The number of nitrogens with two attached hydrogens (primary N) is 2. The molecule has 6 atom stereocenters. The summed E-state index contributed by atoms with van der Waals surface area (Å²) >= 11 is 0. The van der Waals surface area contributed by atoms with Gasteiger partial charge in [-0.3, -0.25) is 0 Å². The lowest BCUT2D eigenvalue weighted by atomic mass is 10.4. The highest BCUT2D eigenvalue weighted by molar-refractivity contribution is 7.44. The summed E-state index contributed by atoms with van der Waals surface area (Å²) in [6, 6.07) is -1.68. The average Bonchev–Trinajstić information content (AvgIpc) is 3.68. The van der Waals surface area contributed by atoms with Gasteiger partial charge in [0, 0.05) is 0 Å². The van der Waals surface area contributed by atoms with E-state index in [0.29, 0.717) is 53.7 Å². The van der Waals surface area contributed by atoms with Crippen molar-refractivity contribution in [1.82, 2.24) is 39.0 Å². The Labute approximate surface area is 216 Å². The molecule has 4 aromatic rings. The largest absolute Gasteiger partial charge is 0.569 e. The van der Waals surface area contributed by atoms with Crippen molar-refractivity contribution in [2.24, 2.45) is 0 Å². The Balaban J connectivity index is 0.000000155. The Morgan fingerprint density at radius 2 is 1.32 bits per heavy atom. The Morgan fingerprint density at radius 3 is 1.74 bits per heavy atom. The number of anilines is 2. The standard InChI is InChI=1S/C10H13N5O3P.C9H10N5O4P/c1-19(16)10-17-3-6(18-10)2-15-5-14-7-8(11)12-4-13-9(7)15;10-7-6-8(12-3-11-7)14(4-13-6)1-5-2-17-9(18-5)19(15)16/h4-6,10H,2-3H2,1H3,(H2,11,12,13);3-5,9H,1-2H2,(H2-,10,11,12,15,16)/q+1;/p+1. The fourth-order valence-corrected chi connectivity index (χ4v) is 5.00. The second-order valence-corrected chi connectivity index (χ2v) is 10.8. The van der Waals surface area contributed by atoms with Crippen LogP contribution in [0.3, 0.4) is 0 Å². The Hall–Kier alpha value is -3.30. The third-order valence-electron chi connectivity index (χ3n) is 5.60. The van der Waals surface area contributed by atoms with Gasteiger partial charge in [-0.1, -0.05) is 4.57 Å². The summed E-state index contributed by atoms with van der Waals surface area (Å²) in [6.45, 7) is 3.16. The first-order valence-corrected chi connectivity index (χ1v) is 14.3. The molecule has 2 saturated heterocycles. The zero-order valence-electron chi connectivity index (χ0n) is 20.0. The molecule has 0 saturated carbocycles. The lowest BCUT2D eigenvalue weighted by molar-refractivity contribution is -0.00161. The van der Waals surface area contributed by atoms with Crippen molar-refractivity contribution in [2.75, 3.05) is 31.3 Å². The van der Waals surface area contributed by atoms with Crippen LogP contribution < -0.4 is 11.5 Å². The summed E-state index contributed by atoms with van der Waals surface area (Å²) < 4.78 is 46.9. The molecule has 200 valence electrons. The molecule has 0 aliphatic carbocycles. The van der Waals surface area contributed by atoms with Crippen LogP contribution in [0, 0.1) is 0 Å². The first-order valence-electron chi connectivity index (χ1n) is 11.2. The first-order chi connectivity index (χ1) is 18.3. The van der Waals surface area contributed by atoms with E-state index in [4.69, 9.17) is 35.3 Å². The second kappa shape index (κ2) is 11.2. The molecule has 0 spiro atoms. The van der Waals surface area contributed by atoms with Gasteiger partial charge < -0.3 is 39.5 Å². The van der Waals surface area contributed by atoms with Gasteiger partial charge >= 0.3 is 27.9 Å². The molecular formula is C19H24N10O7P2+2. The molecule has 6 unspecified atom stereocenters. The Bertz CT molecular complexity index is 1370. The molecule has 19 heteroatoms. The second-order valence-electron chi connectivity index (χ2n) is 8.30. The van der Waals surface area contributed by atoms with Crippen LogP contribution in [0.15, 0.2) is 25.3 Å². The van der Waals surface area contributed by atoms with Gasteiger partial charge in [0.25, 0.3) is 0 Å². The van der Waals surface area contributed by atoms with Crippen LogP contribution in [0.1, 0.15) is 0 Å². The average molecular weight is 566 g/mol. The van der Waals surface area contributed by atoms with Crippen LogP contribution in [0.25, 0.3) is 22.3 Å². The molecule has 0 bridgehead atoms. The molecule has 2 aliphatic rings. The molecular weight excluding hydrogens is 542 g/mol. The number of rotatable bonds is 6. The molecule has 0 amide bonds. The third-order valence-corrected chi connectivity index (χ3v) is 7.10. The molecule has 2 aliphatic heterocycles. The third kappa shape index (κ3) is 5.59. The molecule has 4 aromatic heterocycles. The summed E-state index contributed by atoms with van der Waals surface area (Å²) in [5, 5.41) is 0. The van der Waals surface area contributed by atoms with E-state index in [-0.39, 0.29) is 18.8 Å². The van der Waals surface area contributed by atoms with E-state index < -0.39 is 27.9 Å². The lowest BCUT2D eigenvalue weighted by Crippen LogP contribution is -2.18. The summed E-state index contributed by atoms with van der Waals surface area (Å²) in [5.74, 6) is 0.658. The van der Waals surface area contributed by atoms with Gasteiger partial charge in [-0.15, -0.1) is 0 Å². The SMILES string of the molecule is C[P+](=O)C1OCC(Cn2cnc3c(N)ncnc32)O1.Nc1ncnc2c1ncn2CC1COC([P+](=O)O)O1. The van der Waals surface area contributed by atoms with Crippen LogP contribution in [0.5, 0.6) is 0 Å². The minimum absolute atomic E-state index is 0.169. The fourth-order valence-electron chi connectivity index (χ4n) is 3.87. The highest BCUT2D eigenvalue weighted by Crippen LogP contribution is 2.32. The van der Waals surface area contributed by atoms with Crippen LogP contribution in [-0.4, -0.2) is 88.1 Å². The predicted molar refractivity (Wildman–Crippen MR) is 132 cm³/mol.